The standard InChI is InChI=1S/C8H3ClFNO2S/c9-8-7(11(12)13)6-4(10)2-1-3-5(6)14-8/h1-3H. The predicted molar refractivity (Wildman–Crippen MR) is 53.4 cm³/mol. The van der Waals surface area contributed by atoms with E-state index in [1.165, 1.54) is 12.1 Å². The first-order valence-electron chi connectivity index (χ1n) is 3.62. The Balaban J connectivity index is 2.93. The molecular weight excluding hydrogens is 229 g/mol. The fraction of sp³-hybridized carbons (Fsp3) is 0. The third kappa shape index (κ3) is 1.25. The molecule has 0 N–H and O–H groups in total. The molecule has 1 aromatic carbocycles. The van der Waals surface area contributed by atoms with Gasteiger partial charge in [0.05, 0.1) is 4.92 Å². The number of hydrogen-bond donors (Lipinski definition) is 0. The maximum absolute atomic E-state index is 13.3. The maximum atomic E-state index is 13.3. The van der Waals surface area contributed by atoms with Gasteiger partial charge in [0.2, 0.25) is 0 Å². The van der Waals surface area contributed by atoms with Crippen LogP contribution < -0.4 is 0 Å². The van der Waals surface area contributed by atoms with Gasteiger partial charge in [-0.05, 0) is 12.1 Å². The van der Waals surface area contributed by atoms with Gasteiger partial charge >= 0.3 is 5.69 Å². The van der Waals surface area contributed by atoms with Crippen molar-refractivity contribution in [1.29, 1.82) is 0 Å². The summed E-state index contributed by atoms with van der Waals surface area (Å²) in [6.07, 6.45) is 0. The van der Waals surface area contributed by atoms with E-state index in [1.54, 1.807) is 6.07 Å². The molecule has 1 aromatic heterocycles. The van der Waals surface area contributed by atoms with Crippen LogP contribution in [0, 0.1) is 15.9 Å². The Kier molecular flexibility index (Phi) is 2.13. The van der Waals surface area contributed by atoms with E-state index in [0.29, 0.717) is 4.70 Å². The van der Waals surface area contributed by atoms with Gasteiger partial charge in [-0.25, -0.2) is 4.39 Å². The summed E-state index contributed by atoms with van der Waals surface area (Å²) in [5.41, 5.74) is -0.343. The molecule has 0 saturated heterocycles. The molecule has 3 nitrogen and oxygen atoms in total. The molecule has 0 aliphatic rings. The van der Waals surface area contributed by atoms with Gasteiger partial charge in [-0.3, -0.25) is 10.1 Å². The van der Waals surface area contributed by atoms with Crippen molar-refractivity contribution < 1.29 is 9.31 Å². The largest absolute Gasteiger partial charge is 0.309 e. The molecule has 72 valence electrons. The lowest BCUT2D eigenvalue weighted by molar-refractivity contribution is -0.382. The van der Waals surface area contributed by atoms with E-state index in [-0.39, 0.29) is 15.4 Å². The number of nitro groups is 1. The van der Waals surface area contributed by atoms with Gasteiger partial charge in [-0.2, -0.15) is 0 Å². The summed E-state index contributed by atoms with van der Waals surface area (Å²) in [7, 11) is 0. The van der Waals surface area contributed by atoms with Crippen LogP contribution >= 0.6 is 22.9 Å². The smallest absolute Gasteiger partial charge is 0.258 e. The van der Waals surface area contributed by atoms with Crippen LogP contribution in [0.1, 0.15) is 0 Å². The summed E-state index contributed by atoms with van der Waals surface area (Å²) >= 11 is 6.65. The van der Waals surface area contributed by atoms with Crippen molar-refractivity contribution >= 4 is 38.7 Å². The lowest BCUT2D eigenvalue weighted by Crippen LogP contribution is -1.87. The van der Waals surface area contributed by atoms with Crippen LogP contribution in [0.2, 0.25) is 4.34 Å². The molecule has 14 heavy (non-hydrogen) atoms. The molecule has 0 bridgehead atoms. The molecular formula is C8H3ClFNO2S. The van der Waals surface area contributed by atoms with E-state index >= 15 is 0 Å². The van der Waals surface area contributed by atoms with Crippen LogP contribution in [0.15, 0.2) is 18.2 Å². The summed E-state index contributed by atoms with van der Waals surface area (Å²) in [5.74, 6) is -0.614. The topological polar surface area (TPSA) is 43.1 Å². The van der Waals surface area contributed by atoms with Gasteiger partial charge < -0.3 is 0 Å². The zero-order valence-corrected chi connectivity index (χ0v) is 8.23. The number of fused-ring (bicyclic) bond motifs is 1. The Labute approximate surface area is 86.9 Å². The summed E-state index contributed by atoms with van der Waals surface area (Å²) in [6.45, 7) is 0. The Bertz CT molecular complexity index is 525. The van der Waals surface area contributed by atoms with Gasteiger partial charge in [0.15, 0.2) is 4.34 Å². The average molecular weight is 232 g/mol. The molecule has 0 amide bonds. The second-order valence-corrected chi connectivity index (χ2v) is 4.25. The number of benzene rings is 1. The average Bonchev–Trinajstić information content (AvgIpc) is 2.42. The number of nitrogens with zero attached hydrogens (tertiary/aromatic N) is 1. The van der Waals surface area contributed by atoms with Gasteiger partial charge in [0, 0.05) is 4.70 Å². The molecule has 0 atom stereocenters. The first-order chi connectivity index (χ1) is 6.61. The van der Waals surface area contributed by atoms with Crippen molar-refractivity contribution in [3.63, 3.8) is 0 Å². The highest BCUT2D eigenvalue weighted by molar-refractivity contribution is 7.23. The summed E-state index contributed by atoms with van der Waals surface area (Å²) in [5, 5.41) is 10.6. The highest BCUT2D eigenvalue weighted by Gasteiger charge is 2.23. The number of rotatable bonds is 1. The van der Waals surface area contributed by atoms with Crippen molar-refractivity contribution in [2.45, 2.75) is 0 Å². The van der Waals surface area contributed by atoms with Crippen molar-refractivity contribution in [2.75, 3.05) is 0 Å². The zero-order valence-electron chi connectivity index (χ0n) is 6.66. The van der Waals surface area contributed by atoms with Crippen molar-refractivity contribution in [3.8, 4) is 0 Å². The second kappa shape index (κ2) is 3.18. The minimum Gasteiger partial charge on any atom is -0.258 e. The highest BCUT2D eigenvalue weighted by atomic mass is 35.5. The lowest BCUT2D eigenvalue weighted by Gasteiger charge is -1.91. The minimum absolute atomic E-state index is 0.00694. The zero-order chi connectivity index (χ0) is 10.3. The number of thiophene rings is 1. The molecule has 0 radical (unpaired) electrons. The Hall–Kier alpha value is -1.20. The summed E-state index contributed by atoms with van der Waals surface area (Å²) in [6, 6.07) is 4.27. The van der Waals surface area contributed by atoms with Gasteiger partial charge in [-0.15, -0.1) is 11.3 Å². The summed E-state index contributed by atoms with van der Waals surface area (Å²) in [4.78, 5) is 9.95. The predicted octanol–water partition coefficient (Wildman–Crippen LogP) is 3.60. The van der Waals surface area contributed by atoms with Crippen LogP contribution in [0.4, 0.5) is 10.1 Å². The summed E-state index contributed by atoms with van der Waals surface area (Å²) < 4.78 is 13.8. The van der Waals surface area contributed by atoms with E-state index in [4.69, 9.17) is 11.6 Å². The van der Waals surface area contributed by atoms with Crippen LogP contribution in [-0.2, 0) is 0 Å². The Morgan fingerprint density at radius 3 is 2.86 bits per heavy atom. The Morgan fingerprint density at radius 2 is 2.21 bits per heavy atom. The van der Waals surface area contributed by atoms with Gasteiger partial charge in [-0.1, -0.05) is 17.7 Å². The quantitative estimate of drug-likeness (QED) is 0.556. The maximum Gasteiger partial charge on any atom is 0.309 e. The van der Waals surface area contributed by atoms with Gasteiger partial charge in [0.1, 0.15) is 11.2 Å². The second-order valence-electron chi connectivity index (χ2n) is 2.59. The van der Waals surface area contributed by atoms with E-state index in [0.717, 1.165) is 11.3 Å². The molecule has 0 aliphatic heterocycles. The molecule has 2 rings (SSSR count). The minimum atomic E-state index is -0.662. The van der Waals surface area contributed by atoms with Crippen LogP contribution in [0.3, 0.4) is 0 Å². The monoisotopic (exact) mass is 231 g/mol. The van der Waals surface area contributed by atoms with Crippen molar-refractivity contribution in [2.24, 2.45) is 0 Å². The molecule has 0 aliphatic carbocycles. The molecule has 0 fully saturated rings. The van der Waals surface area contributed by atoms with E-state index in [2.05, 4.69) is 0 Å². The van der Waals surface area contributed by atoms with E-state index in [9.17, 15) is 14.5 Å². The molecule has 1 heterocycles. The SMILES string of the molecule is O=[N+]([O-])c1c(Cl)sc2cccc(F)c12. The molecule has 0 unspecified atom stereocenters. The third-order valence-corrected chi connectivity index (χ3v) is 3.12. The molecule has 6 heteroatoms. The molecule has 0 spiro atoms. The van der Waals surface area contributed by atoms with Crippen molar-refractivity contribution in [3.05, 3.63) is 38.5 Å². The third-order valence-electron chi connectivity index (χ3n) is 1.78. The number of halogens is 2. The van der Waals surface area contributed by atoms with Gasteiger partial charge in [0.25, 0.3) is 0 Å². The molecule has 2 aromatic rings. The highest BCUT2D eigenvalue weighted by Crippen LogP contribution is 2.41. The van der Waals surface area contributed by atoms with Crippen LogP contribution in [-0.4, -0.2) is 4.92 Å². The first kappa shape index (κ1) is 9.36. The Morgan fingerprint density at radius 1 is 1.50 bits per heavy atom. The fourth-order valence-electron chi connectivity index (χ4n) is 1.23. The normalized spacial score (nSPS) is 10.7. The lowest BCUT2D eigenvalue weighted by atomic mass is 10.2. The van der Waals surface area contributed by atoms with E-state index < -0.39 is 10.7 Å². The molecule has 0 saturated carbocycles. The van der Waals surface area contributed by atoms with Crippen LogP contribution in [0.5, 0.6) is 0 Å². The number of hydrogen-bond acceptors (Lipinski definition) is 3. The first-order valence-corrected chi connectivity index (χ1v) is 4.81. The van der Waals surface area contributed by atoms with Crippen molar-refractivity contribution in [1.82, 2.24) is 0 Å². The fourth-order valence-corrected chi connectivity index (χ4v) is 2.55. The van der Waals surface area contributed by atoms with E-state index in [1.807, 2.05) is 0 Å². The van der Waals surface area contributed by atoms with Crippen LogP contribution in [0.25, 0.3) is 10.1 Å².